The van der Waals surface area contributed by atoms with Gasteiger partial charge in [-0.15, -0.1) is 13.2 Å². The SMILES string of the molecule is COc1cc(NC(C(=O)N2CC3(CC3)c3ccc(OC(F)(F)F)cc32)c2ccc(Cl)cc2OC)cc(OCCO)c1. The van der Waals surface area contributed by atoms with E-state index >= 15 is 0 Å². The van der Waals surface area contributed by atoms with E-state index in [4.69, 9.17) is 25.8 Å². The molecule has 5 rings (SSSR count). The first kappa shape index (κ1) is 28.7. The molecule has 1 fully saturated rings. The van der Waals surface area contributed by atoms with Crippen molar-refractivity contribution in [1.29, 1.82) is 0 Å². The number of carbonyl (C=O) groups is 1. The Balaban J connectivity index is 1.57. The number of benzene rings is 3. The van der Waals surface area contributed by atoms with Crippen molar-refractivity contribution in [3.63, 3.8) is 0 Å². The van der Waals surface area contributed by atoms with Crippen molar-refractivity contribution in [2.45, 2.75) is 30.7 Å². The number of amides is 1. The highest BCUT2D eigenvalue weighted by molar-refractivity contribution is 6.30. The molecule has 41 heavy (non-hydrogen) atoms. The molecule has 1 aliphatic heterocycles. The molecule has 1 saturated carbocycles. The fourth-order valence-corrected chi connectivity index (χ4v) is 5.33. The summed E-state index contributed by atoms with van der Waals surface area (Å²) in [7, 11) is 2.94. The summed E-state index contributed by atoms with van der Waals surface area (Å²) in [6.45, 7) is 0.169. The van der Waals surface area contributed by atoms with Gasteiger partial charge in [-0.1, -0.05) is 23.7 Å². The molecule has 1 atom stereocenters. The molecule has 0 bridgehead atoms. The van der Waals surface area contributed by atoms with Crippen LogP contribution in [0.4, 0.5) is 24.5 Å². The first-order chi connectivity index (χ1) is 19.6. The lowest BCUT2D eigenvalue weighted by molar-refractivity contribution is -0.274. The van der Waals surface area contributed by atoms with Gasteiger partial charge in [0.25, 0.3) is 5.91 Å². The van der Waals surface area contributed by atoms with Gasteiger partial charge in [0, 0.05) is 52.5 Å². The summed E-state index contributed by atoms with van der Waals surface area (Å²) in [6.07, 6.45) is -3.25. The summed E-state index contributed by atoms with van der Waals surface area (Å²) < 4.78 is 59.8. The summed E-state index contributed by atoms with van der Waals surface area (Å²) in [4.78, 5) is 15.9. The number of fused-ring (bicyclic) bond motifs is 2. The first-order valence-electron chi connectivity index (χ1n) is 12.8. The third-order valence-corrected chi connectivity index (χ3v) is 7.42. The molecule has 2 N–H and O–H groups in total. The fraction of sp³-hybridized carbons (Fsp3) is 0.345. The van der Waals surface area contributed by atoms with E-state index in [1.807, 2.05) is 0 Å². The van der Waals surface area contributed by atoms with Crippen molar-refractivity contribution in [3.05, 3.63) is 70.7 Å². The molecule has 1 aliphatic carbocycles. The number of methoxy groups -OCH3 is 2. The van der Waals surface area contributed by atoms with Gasteiger partial charge in [0.1, 0.15) is 35.6 Å². The Morgan fingerprint density at radius 1 is 1.05 bits per heavy atom. The molecule has 0 saturated heterocycles. The predicted molar refractivity (Wildman–Crippen MR) is 146 cm³/mol. The zero-order valence-corrected chi connectivity index (χ0v) is 23.0. The quantitative estimate of drug-likeness (QED) is 0.305. The summed E-state index contributed by atoms with van der Waals surface area (Å²) in [5, 5.41) is 12.8. The van der Waals surface area contributed by atoms with E-state index in [1.165, 1.54) is 31.3 Å². The predicted octanol–water partition coefficient (Wildman–Crippen LogP) is 5.86. The van der Waals surface area contributed by atoms with Gasteiger partial charge in [0.2, 0.25) is 0 Å². The Labute approximate surface area is 239 Å². The molecule has 3 aromatic carbocycles. The maximum Gasteiger partial charge on any atom is 0.573 e. The highest BCUT2D eigenvalue weighted by Crippen LogP contribution is 2.57. The van der Waals surface area contributed by atoms with Crippen LogP contribution in [0.15, 0.2) is 54.6 Å². The van der Waals surface area contributed by atoms with Crippen molar-refractivity contribution < 1.29 is 42.0 Å². The molecule has 0 aromatic heterocycles. The molecule has 1 amide bonds. The maximum atomic E-state index is 14.4. The summed E-state index contributed by atoms with van der Waals surface area (Å²) in [5.74, 6) is 0.360. The molecule has 2 aliphatic rings. The van der Waals surface area contributed by atoms with Gasteiger partial charge < -0.3 is 34.3 Å². The molecular formula is C29H28ClF3N2O6. The van der Waals surface area contributed by atoms with Crippen molar-refractivity contribution in [2.24, 2.45) is 0 Å². The van der Waals surface area contributed by atoms with E-state index in [1.54, 1.807) is 42.5 Å². The monoisotopic (exact) mass is 592 g/mol. The summed E-state index contributed by atoms with van der Waals surface area (Å²) in [5.41, 5.74) is 1.79. The van der Waals surface area contributed by atoms with Crippen LogP contribution in [0.3, 0.4) is 0 Å². The Bertz CT molecular complexity index is 1450. The topological polar surface area (TPSA) is 89.5 Å². The zero-order chi connectivity index (χ0) is 29.4. The number of carbonyl (C=O) groups excluding carboxylic acids is 1. The number of anilines is 2. The minimum atomic E-state index is -4.87. The van der Waals surface area contributed by atoms with Crippen LogP contribution in [-0.4, -0.2) is 51.4 Å². The minimum absolute atomic E-state index is 0.0505. The van der Waals surface area contributed by atoms with Crippen LogP contribution >= 0.6 is 11.6 Å². The Kier molecular flexibility index (Phi) is 7.85. The Morgan fingerprint density at radius 3 is 2.46 bits per heavy atom. The number of aliphatic hydroxyl groups is 1. The lowest BCUT2D eigenvalue weighted by Gasteiger charge is -2.28. The van der Waals surface area contributed by atoms with Gasteiger partial charge >= 0.3 is 6.36 Å². The van der Waals surface area contributed by atoms with E-state index < -0.39 is 24.1 Å². The van der Waals surface area contributed by atoms with Crippen molar-refractivity contribution in [3.8, 4) is 23.0 Å². The van der Waals surface area contributed by atoms with Crippen molar-refractivity contribution in [1.82, 2.24) is 0 Å². The van der Waals surface area contributed by atoms with Gasteiger partial charge in [0.05, 0.1) is 26.5 Å². The van der Waals surface area contributed by atoms with E-state index in [-0.39, 0.29) is 18.6 Å². The zero-order valence-electron chi connectivity index (χ0n) is 22.3. The molecule has 1 heterocycles. The van der Waals surface area contributed by atoms with Gasteiger partial charge in [-0.05, 0) is 36.6 Å². The van der Waals surface area contributed by atoms with Gasteiger partial charge in [-0.3, -0.25) is 4.79 Å². The maximum absolute atomic E-state index is 14.4. The number of rotatable bonds is 10. The first-order valence-corrected chi connectivity index (χ1v) is 13.2. The molecule has 0 radical (unpaired) electrons. The summed E-state index contributed by atoms with van der Waals surface area (Å²) >= 11 is 6.20. The van der Waals surface area contributed by atoms with E-state index in [9.17, 15) is 23.1 Å². The second kappa shape index (κ2) is 11.2. The third-order valence-electron chi connectivity index (χ3n) is 7.19. The molecule has 218 valence electrons. The Morgan fingerprint density at radius 2 is 1.80 bits per heavy atom. The number of halogens is 4. The van der Waals surface area contributed by atoms with Crippen LogP contribution in [0.1, 0.15) is 30.0 Å². The minimum Gasteiger partial charge on any atom is -0.497 e. The number of nitrogens with zero attached hydrogens (tertiary/aromatic N) is 1. The number of nitrogens with one attached hydrogen (secondary N) is 1. The number of hydrogen-bond donors (Lipinski definition) is 2. The Hall–Kier alpha value is -3.83. The van der Waals surface area contributed by atoms with Crippen molar-refractivity contribution in [2.75, 3.05) is 44.2 Å². The van der Waals surface area contributed by atoms with Gasteiger partial charge in [-0.2, -0.15) is 0 Å². The number of alkyl halides is 3. The van der Waals surface area contributed by atoms with E-state index in [0.29, 0.717) is 45.8 Å². The normalized spacial score (nSPS) is 15.7. The lowest BCUT2D eigenvalue weighted by atomic mass is 9.99. The average Bonchev–Trinajstić information content (AvgIpc) is 3.65. The van der Waals surface area contributed by atoms with E-state index in [2.05, 4.69) is 10.1 Å². The summed E-state index contributed by atoms with van der Waals surface area (Å²) in [6, 6.07) is 12.9. The highest BCUT2D eigenvalue weighted by atomic mass is 35.5. The molecular weight excluding hydrogens is 565 g/mol. The van der Waals surface area contributed by atoms with Gasteiger partial charge in [0.15, 0.2) is 0 Å². The smallest absolute Gasteiger partial charge is 0.497 e. The number of aliphatic hydroxyl groups excluding tert-OH is 1. The fourth-order valence-electron chi connectivity index (χ4n) is 5.17. The van der Waals surface area contributed by atoms with Crippen LogP contribution < -0.4 is 29.2 Å². The van der Waals surface area contributed by atoms with Crippen molar-refractivity contribution >= 4 is 28.9 Å². The highest BCUT2D eigenvalue weighted by Gasteiger charge is 2.54. The molecule has 12 heteroatoms. The van der Waals surface area contributed by atoms with Crippen LogP contribution in [0, 0.1) is 0 Å². The second-order valence-corrected chi connectivity index (χ2v) is 10.3. The third kappa shape index (κ3) is 6.11. The standard InChI is InChI=1S/C29H28ClF3N2O6/c1-38-20-12-18(13-21(14-20)40-10-9-36)34-26(22-5-3-17(30)11-25(22)39-2)27(37)35-16-28(7-8-28)23-6-4-19(15-24(23)35)41-29(31,32)33/h3-6,11-15,26,34,36H,7-10,16H2,1-2H3. The number of hydrogen-bond acceptors (Lipinski definition) is 7. The molecule has 1 unspecified atom stereocenters. The van der Waals surface area contributed by atoms with Crippen LogP contribution in [0.5, 0.6) is 23.0 Å². The second-order valence-electron chi connectivity index (χ2n) is 9.86. The van der Waals surface area contributed by atoms with E-state index in [0.717, 1.165) is 18.4 Å². The van der Waals surface area contributed by atoms with Crippen LogP contribution in [-0.2, 0) is 10.2 Å². The lowest BCUT2D eigenvalue weighted by Crippen LogP contribution is -2.38. The van der Waals surface area contributed by atoms with Gasteiger partial charge in [-0.25, -0.2) is 0 Å². The largest absolute Gasteiger partial charge is 0.573 e. The van der Waals surface area contributed by atoms with Crippen LogP contribution in [0.25, 0.3) is 0 Å². The number of ether oxygens (including phenoxy) is 4. The van der Waals surface area contributed by atoms with Crippen LogP contribution in [0.2, 0.25) is 5.02 Å². The average molecular weight is 593 g/mol. The molecule has 1 spiro atoms. The molecule has 8 nitrogen and oxygen atoms in total. The molecule has 3 aromatic rings.